The first-order valence-electron chi connectivity index (χ1n) is 11.8. The summed E-state index contributed by atoms with van der Waals surface area (Å²) < 4.78 is 1.99. The lowest BCUT2D eigenvalue weighted by Gasteiger charge is -2.61. The second-order valence-corrected chi connectivity index (χ2v) is 9.45. The molecule has 3 fully saturated rings. The smallest absolute Gasteiger partial charge is 0.232 e. The molecule has 0 N–H and O–H groups in total. The number of benzene rings is 1. The van der Waals surface area contributed by atoms with Gasteiger partial charge in [0.25, 0.3) is 0 Å². The zero-order valence-electron chi connectivity index (χ0n) is 18.2. The van der Waals surface area contributed by atoms with Crippen molar-refractivity contribution < 1.29 is 4.79 Å². The summed E-state index contributed by atoms with van der Waals surface area (Å²) in [4.78, 5) is 18.3. The normalized spacial score (nSPS) is 24.9. The Kier molecular flexibility index (Phi) is 5.40. The van der Waals surface area contributed by atoms with Crippen molar-refractivity contribution in [2.45, 2.75) is 77.0 Å². The molecule has 3 heterocycles. The lowest BCUT2D eigenvalue weighted by molar-refractivity contribution is -0.186. The van der Waals surface area contributed by atoms with Gasteiger partial charge in [-0.2, -0.15) is 5.10 Å². The Morgan fingerprint density at radius 3 is 2.47 bits per heavy atom. The largest absolute Gasteiger partial charge is 0.331 e. The molecule has 1 amide bonds. The highest BCUT2D eigenvalue weighted by atomic mass is 16.2. The number of carbonyl (C=O) groups excluding carboxylic acids is 1. The van der Waals surface area contributed by atoms with Gasteiger partial charge in [-0.05, 0) is 38.2 Å². The van der Waals surface area contributed by atoms with Crippen LogP contribution in [0.2, 0.25) is 0 Å². The first-order chi connectivity index (χ1) is 14.7. The minimum atomic E-state index is -0.120. The molecule has 1 unspecified atom stereocenters. The van der Waals surface area contributed by atoms with Gasteiger partial charge in [-0.1, -0.05) is 49.6 Å². The number of piperidine rings is 1. The van der Waals surface area contributed by atoms with Crippen molar-refractivity contribution in [3.05, 3.63) is 53.9 Å². The highest BCUT2D eigenvalue weighted by Crippen LogP contribution is 2.59. The molecule has 2 aliphatic heterocycles. The van der Waals surface area contributed by atoms with Crippen molar-refractivity contribution in [2.75, 3.05) is 13.1 Å². The van der Waals surface area contributed by atoms with Crippen molar-refractivity contribution in [3.63, 3.8) is 0 Å². The number of β-lactam (4-membered cyclic amide) rings is 1. The first kappa shape index (κ1) is 19.8. The molecule has 160 valence electrons. The van der Waals surface area contributed by atoms with Crippen LogP contribution in [-0.4, -0.2) is 44.6 Å². The molecule has 2 saturated heterocycles. The summed E-state index contributed by atoms with van der Waals surface area (Å²) in [6.07, 6.45) is 12.1. The minimum absolute atomic E-state index is 0.120. The number of aromatic nitrogens is 2. The molecule has 0 bridgehead atoms. The number of rotatable bonds is 5. The molecular formula is C25H34N4O. The zero-order chi connectivity index (χ0) is 20.6. The predicted octanol–water partition coefficient (Wildman–Crippen LogP) is 4.40. The number of likely N-dealkylation sites (tertiary alicyclic amines) is 2. The van der Waals surface area contributed by atoms with Crippen molar-refractivity contribution >= 4 is 5.91 Å². The third-order valence-electron chi connectivity index (χ3n) is 7.69. The Balaban J connectivity index is 1.28. The number of aryl methyl sites for hydroxylation is 1. The van der Waals surface area contributed by atoms with Crippen molar-refractivity contribution in [1.29, 1.82) is 0 Å². The number of hydrogen-bond acceptors (Lipinski definition) is 3. The van der Waals surface area contributed by atoms with E-state index in [2.05, 4.69) is 58.4 Å². The Hall–Kier alpha value is -2.14. The van der Waals surface area contributed by atoms with Crippen LogP contribution in [0.1, 0.15) is 69.0 Å². The van der Waals surface area contributed by atoms with Crippen molar-refractivity contribution in [1.82, 2.24) is 19.6 Å². The Labute approximate surface area is 180 Å². The molecule has 5 heteroatoms. The lowest BCUT2D eigenvalue weighted by Crippen LogP contribution is -2.67. The van der Waals surface area contributed by atoms with Crippen LogP contribution < -0.4 is 0 Å². The number of hydrogen-bond donors (Lipinski definition) is 0. The molecule has 5 rings (SSSR count). The lowest BCUT2D eigenvalue weighted by atomic mass is 9.59. The maximum atomic E-state index is 13.5. The topological polar surface area (TPSA) is 41.4 Å². The monoisotopic (exact) mass is 406 g/mol. The van der Waals surface area contributed by atoms with Crippen LogP contribution in [0.4, 0.5) is 0 Å². The van der Waals surface area contributed by atoms with Gasteiger partial charge in [-0.25, -0.2) is 0 Å². The quantitative estimate of drug-likeness (QED) is 0.691. The van der Waals surface area contributed by atoms with Gasteiger partial charge in [0.2, 0.25) is 5.91 Å². The van der Waals surface area contributed by atoms with Crippen LogP contribution in [0.15, 0.2) is 42.7 Å². The number of nitrogens with zero attached hydrogens (tertiary/aromatic N) is 4. The van der Waals surface area contributed by atoms with Gasteiger partial charge in [0.05, 0.1) is 17.7 Å². The minimum Gasteiger partial charge on any atom is -0.331 e. The van der Waals surface area contributed by atoms with Crippen LogP contribution in [0, 0.1) is 5.41 Å². The van der Waals surface area contributed by atoms with Crippen LogP contribution in [0.25, 0.3) is 0 Å². The van der Waals surface area contributed by atoms with Crippen molar-refractivity contribution in [3.8, 4) is 0 Å². The van der Waals surface area contributed by atoms with Gasteiger partial charge in [0.15, 0.2) is 0 Å². The maximum Gasteiger partial charge on any atom is 0.232 e. The second-order valence-electron chi connectivity index (χ2n) is 9.45. The molecule has 5 nitrogen and oxygen atoms in total. The molecule has 1 spiro atoms. The fourth-order valence-electron chi connectivity index (χ4n) is 6.13. The average molecular weight is 407 g/mol. The summed E-state index contributed by atoms with van der Waals surface area (Å²) in [6, 6.07) is 11.5. The predicted molar refractivity (Wildman–Crippen MR) is 118 cm³/mol. The van der Waals surface area contributed by atoms with Crippen LogP contribution >= 0.6 is 0 Å². The fraction of sp³-hybridized carbons (Fsp3) is 0.600. The van der Waals surface area contributed by atoms with E-state index in [1.165, 1.54) is 30.4 Å². The molecule has 3 aliphatic rings. The third kappa shape index (κ3) is 3.37. The van der Waals surface area contributed by atoms with Crippen molar-refractivity contribution in [2.24, 2.45) is 5.41 Å². The molecule has 1 aromatic heterocycles. The summed E-state index contributed by atoms with van der Waals surface area (Å²) in [5.41, 5.74) is 2.51. The van der Waals surface area contributed by atoms with Gasteiger partial charge in [-0.3, -0.25) is 14.4 Å². The fourth-order valence-corrected chi connectivity index (χ4v) is 6.13. The first-order valence-corrected chi connectivity index (χ1v) is 11.8. The molecule has 1 atom stereocenters. The third-order valence-corrected chi connectivity index (χ3v) is 7.69. The molecule has 1 saturated carbocycles. The van der Waals surface area contributed by atoms with Gasteiger partial charge in [-0.15, -0.1) is 0 Å². The summed E-state index contributed by atoms with van der Waals surface area (Å²) in [5, 5.41) is 4.40. The average Bonchev–Trinajstić information content (AvgIpc) is 3.26. The summed E-state index contributed by atoms with van der Waals surface area (Å²) in [5.74, 6) is 0.443. The Morgan fingerprint density at radius 2 is 1.80 bits per heavy atom. The standard InChI is InChI=1S/C25H34N4O/c1-2-28-19-20(17-26-28)18-27-15-11-22(12-16-27)29-23(21-9-5-3-6-10-21)25(24(29)30)13-7-4-8-14-25/h3,5-6,9-10,17,19,22-23H,2,4,7-8,11-16,18H2,1H3. The zero-order valence-corrected chi connectivity index (χ0v) is 18.2. The van der Waals surface area contributed by atoms with E-state index in [1.54, 1.807) is 0 Å². The van der Waals surface area contributed by atoms with E-state index in [0.717, 1.165) is 51.9 Å². The van der Waals surface area contributed by atoms with E-state index in [1.807, 2.05) is 10.9 Å². The SMILES string of the molecule is CCn1cc(CN2CCC(N3C(=O)C4(CCCCC4)C3c3ccccc3)CC2)cn1. The van der Waals surface area contributed by atoms with E-state index in [0.29, 0.717) is 11.9 Å². The van der Waals surface area contributed by atoms with E-state index in [9.17, 15) is 4.79 Å². The Bertz CT molecular complexity index is 862. The highest BCUT2D eigenvalue weighted by molar-refractivity contribution is 5.91. The number of carbonyl (C=O) groups is 1. The molecule has 0 radical (unpaired) electrons. The van der Waals surface area contributed by atoms with Gasteiger partial charge in [0.1, 0.15) is 0 Å². The Morgan fingerprint density at radius 1 is 1.07 bits per heavy atom. The van der Waals surface area contributed by atoms with E-state index >= 15 is 0 Å². The molecule has 2 aromatic rings. The van der Waals surface area contributed by atoms with E-state index in [-0.39, 0.29) is 11.5 Å². The van der Waals surface area contributed by atoms with E-state index < -0.39 is 0 Å². The molecule has 1 aliphatic carbocycles. The summed E-state index contributed by atoms with van der Waals surface area (Å²) >= 11 is 0. The van der Waals surface area contributed by atoms with Gasteiger partial charge >= 0.3 is 0 Å². The second kappa shape index (κ2) is 8.18. The molecular weight excluding hydrogens is 372 g/mol. The van der Waals surface area contributed by atoms with Crippen LogP contribution in [0.3, 0.4) is 0 Å². The number of amides is 1. The van der Waals surface area contributed by atoms with Crippen LogP contribution in [0.5, 0.6) is 0 Å². The highest BCUT2D eigenvalue weighted by Gasteiger charge is 2.62. The molecule has 1 aromatic carbocycles. The summed E-state index contributed by atoms with van der Waals surface area (Å²) in [6.45, 7) is 6.11. The van der Waals surface area contributed by atoms with E-state index in [4.69, 9.17) is 0 Å². The maximum absolute atomic E-state index is 13.5. The molecule has 30 heavy (non-hydrogen) atoms. The van der Waals surface area contributed by atoms with Gasteiger partial charge < -0.3 is 4.90 Å². The summed E-state index contributed by atoms with van der Waals surface area (Å²) in [7, 11) is 0. The van der Waals surface area contributed by atoms with Crippen LogP contribution in [-0.2, 0) is 17.9 Å². The van der Waals surface area contributed by atoms with Gasteiger partial charge in [0, 0.05) is 44.0 Å².